The van der Waals surface area contributed by atoms with Gasteiger partial charge in [0, 0.05) is 31.9 Å². The number of carbonyl (C=O) groups excluding carboxylic acids is 1. The van der Waals surface area contributed by atoms with E-state index in [0.29, 0.717) is 5.92 Å². The Morgan fingerprint density at radius 3 is 2.16 bits per heavy atom. The summed E-state index contributed by atoms with van der Waals surface area (Å²) in [5.41, 5.74) is 2.17. The Bertz CT molecular complexity index is 719. The van der Waals surface area contributed by atoms with Gasteiger partial charge in [-0.1, -0.05) is 30.3 Å². The van der Waals surface area contributed by atoms with E-state index in [0.717, 1.165) is 50.3 Å². The lowest BCUT2D eigenvalue weighted by Crippen LogP contribution is -2.50. The van der Waals surface area contributed by atoms with Gasteiger partial charge in [-0.25, -0.2) is 4.39 Å². The highest BCUT2D eigenvalue weighted by Gasteiger charge is 2.39. The lowest BCUT2D eigenvalue weighted by atomic mass is 9.92. The van der Waals surface area contributed by atoms with E-state index in [1.165, 1.54) is 12.1 Å². The Labute approximate surface area is 148 Å². The van der Waals surface area contributed by atoms with Crippen LogP contribution in [0.4, 0.5) is 10.1 Å². The normalized spacial score (nSPS) is 18.9. The summed E-state index contributed by atoms with van der Waals surface area (Å²) in [4.78, 5) is 17.4. The van der Waals surface area contributed by atoms with Crippen molar-refractivity contribution in [3.05, 3.63) is 66.0 Å². The first-order valence-electron chi connectivity index (χ1n) is 9.06. The minimum atomic E-state index is -0.215. The number of hydrogen-bond donors (Lipinski definition) is 0. The smallest absolute Gasteiger partial charge is 0.230 e. The maximum absolute atomic E-state index is 13.1. The van der Waals surface area contributed by atoms with Crippen LogP contribution in [0.15, 0.2) is 54.6 Å². The molecule has 1 atom stereocenters. The van der Waals surface area contributed by atoms with Crippen LogP contribution in [0.1, 0.15) is 24.3 Å². The highest BCUT2D eigenvalue weighted by molar-refractivity contribution is 5.84. The highest BCUT2D eigenvalue weighted by Crippen LogP contribution is 2.43. The SMILES string of the molecule is O=C(C(c1ccccc1)C1CC1)N1CCN(c2ccc(F)cc2)CC1. The van der Waals surface area contributed by atoms with Crippen LogP contribution in [0.5, 0.6) is 0 Å². The quantitative estimate of drug-likeness (QED) is 0.849. The van der Waals surface area contributed by atoms with E-state index in [4.69, 9.17) is 0 Å². The number of rotatable bonds is 4. The fourth-order valence-corrected chi connectivity index (χ4v) is 3.74. The minimum absolute atomic E-state index is 0.0126. The van der Waals surface area contributed by atoms with Crippen molar-refractivity contribution >= 4 is 11.6 Å². The monoisotopic (exact) mass is 338 g/mol. The van der Waals surface area contributed by atoms with Crippen molar-refractivity contribution in [2.75, 3.05) is 31.1 Å². The van der Waals surface area contributed by atoms with Gasteiger partial charge in [-0.05, 0) is 48.6 Å². The van der Waals surface area contributed by atoms with Crippen molar-refractivity contribution in [1.82, 2.24) is 4.90 Å². The van der Waals surface area contributed by atoms with E-state index < -0.39 is 0 Å². The van der Waals surface area contributed by atoms with Crippen molar-refractivity contribution in [3.8, 4) is 0 Å². The van der Waals surface area contributed by atoms with Crippen molar-refractivity contribution in [1.29, 1.82) is 0 Å². The second-order valence-electron chi connectivity index (χ2n) is 7.01. The van der Waals surface area contributed by atoms with Gasteiger partial charge in [0.15, 0.2) is 0 Å². The molecule has 25 heavy (non-hydrogen) atoms. The number of hydrogen-bond acceptors (Lipinski definition) is 2. The second kappa shape index (κ2) is 6.87. The average molecular weight is 338 g/mol. The molecule has 1 heterocycles. The third kappa shape index (κ3) is 3.53. The van der Waals surface area contributed by atoms with Gasteiger partial charge in [0.2, 0.25) is 5.91 Å². The molecule has 1 aliphatic carbocycles. The van der Waals surface area contributed by atoms with E-state index in [1.807, 2.05) is 35.2 Å². The number of anilines is 1. The first kappa shape index (κ1) is 16.1. The van der Waals surface area contributed by atoms with Crippen LogP contribution >= 0.6 is 0 Å². The molecule has 1 saturated carbocycles. The zero-order chi connectivity index (χ0) is 17.2. The molecule has 4 rings (SSSR count). The zero-order valence-electron chi connectivity index (χ0n) is 14.3. The Morgan fingerprint density at radius 1 is 0.920 bits per heavy atom. The van der Waals surface area contributed by atoms with Crippen LogP contribution in [-0.2, 0) is 4.79 Å². The van der Waals surface area contributed by atoms with Gasteiger partial charge >= 0.3 is 0 Å². The number of nitrogens with zero attached hydrogens (tertiary/aromatic N) is 2. The summed E-state index contributed by atoms with van der Waals surface area (Å²) in [6.07, 6.45) is 2.31. The van der Waals surface area contributed by atoms with Crippen LogP contribution in [0.3, 0.4) is 0 Å². The molecule has 0 N–H and O–H groups in total. The van der Waals surface area contributed by atoms with Gasteiger partial charge in [-0.15, -0.1) is 0 Å². The molecular formula is C21H23FN2O. The highest BCUT2D eigenvalue weighted by atomic mass is 19.1. The maximum atomic E-state index is 13.1. The summed E-state index contributed by atoms with van der Waals surface area (Å²) in [5.74, 6) is 0.573. The molecule has 3 nitrogen and oxygen atoms in total. The molecule has 1 unspecified atom stereocenters. The van der Waals surface area contributed by atoms with E-state index in [1.54, 1.807) is 0 Å². The molecule has 2 fully saturated rings. The first-order valence-corrected chi connectivity index (χ1v) is 9.06. The van der Waals surface area contributed by atoms with Gasteiger partial charge in [0.05, 0.1) is 5.92 Å². The van der Waals surface area contributed by atoms with Gasteiger partial charge in [0.25, 0.3) is 0 Å². The van der Waals surface area contributed by atoms with Gasteiger partial charge in [-0.2, -0.15) is 0 Å². The van der Waals surface area contributed by atoms with Crippen LogP contribution < -0.4 is 4.90 Å². The molecule has 0 bridgehead atoms. The fourth-order valence-electron chi connectivity index (χ4n) is 3.74. The largest absolute Gasteiger partial charge is 0.368 e. The third-order valence-electron chi connectivity index (χ3n) is 5.30. The van der Waals surface area contributed by atoms with Crippen LogP contribution in [0.2, 0.25) is 0 Å². The number of halogens is 1. The molecule has 2 aromatic carbocycles. The predicted octanol–water partition coefficient (Wildman–Crippen LogP) is 3.67. The van der Waals surface area contributed by atoms with E-state index in [-0.39, 0.29) is 17.6 Å². The maximum Gasteiger partial charge on any atom is 0.230 e. The standard InChI is InChI=1S/C21H23FN2O/c22-18-8-10-19(11-9-18)23-12-14-24(15-13-23)21(25)20(17-6-7-17)16-4-2-1-3-5-16/h1-5,8-11,17,20H,6-7,12-15H2. The molecule has 2 aromatic rings. The minimum Gasteiger partial charge on any atom is -0.368 e. The Morgan fingerprint density at radius 2 is 1.56 bits per heavy atom. The van der Waals surface area contributed by atoms with Crippen molar-refractivity contribution in [2.24, 2.45) is 5.92 Å². The zero-order valence-corrected chi connectivity index (χ0v) is 14.3. The molecule has 2 aliphatic rings. The van der Waals surface area contributed by atoms with Crippen molar-refractivity contribution in [2.45, 2.75) is 18.8 Å². The van der Waals surface area contributed by atoms with Crippen LogP contribution in [-0.4, -0.2) is 37.0 Å². The Balaban J connectivity index is 1.42. The predicted molar refractivity (Wildman–Crippen MR) is 97.1 cm³/mol. The molecule has 1 amide bonds. The number of benzene rings is 2. The van der Waals surface area contributed by atoms with E-state index in [2.05, 4.69) is 17.0 Å². The van der Waals surface area contributed by atoms with Gasteiger partial charge < -0.3 is 9.80 Å². The van der Waals surface area contributed by atoms with E-state index >= 15 is 0 Å². The lowest BCUT2D eigenvalue weighted by Gasteiger charge is -2.37. The molecule has 130 valence electrons. The summed E-state index contributed by atoms with van der Waals surface area (Å²) in [6.45, 7) is 3.05. The third-order valence-corrected chi connectivity index (χ3v) is 5.30. The fraction of sp³-hybridized carbons (Fsp3) is 0.381. The summed E-state index contributed by atoms with van der Waals surface area (Å²) in [5, 5.41) is 0. The molecule has 1 aliphatic heterocycles. The lowest BCUT2D eigenvalue weighted by molar-refractivity contribution is -0.133. The summed E-state index contributed by atoms with van der Waals surface area (Å²) < 4.78 is 13.1. The topological polar surface area (TPSA) is 23.6 Å². The van der Waals surface area contributed by atoms with Crippen LogP contribution in [0.25, 0.3) is 0 Å². The summed E-state index contributed by atoms with van der Waals surface area (Å²) in [6, 6.07) is 16.8. The Hall–Kier alpha value is -2.36. The van der Waals surface area contributed by atoms with Crippen molar-refractivity contribution in [3.63, 3.8) is 0 Å². The molecule has 0 spiro atoms. The molecule has 0 radical (unpaired) electrons. The Kier molecular flexibility index (Phi) is 4.43. The van der Waals surface area contributed by atoms with Gasteiger partial charge in [-0.3, -0.25) is 4.79 Å². The van der Waals surface area contributed by atoms with E-state index in [9.17, 15) is 9.18 Å². The molecule has 1 saturated heterocycles. The number of amides is 1. The van der Waals surface area contributed by atoms with Crippen LogP contribution in [0, 0.1) is 11.7 Å². The first-order chi connectivity index (χ1) is 12.2. The summed E-state index contributed by atoms with van der Waals surface area (Å²) in [7, 11) is 0. The molecular weight excluding hydrogens is 315 g/mol. The van der Waals surface area contributed by atoms with Gasteiger partial charge in [0.1, 0.15) is 5.82 Å². The second-order valence-corrected chi connectivity index (χ2v) is 7.01. The molecule has 0 aromatic heterocycles. The summed E-state index contributed by atoms with van der Waals surface area (Å²) >= 11 is 0. The molecule has 4 heteroatoms. The average Bonchev–Trinajstić information content (AvgIpc) is 3.48. The van der Waals surface area contributed by atoms with Crippen molar-refractivity contribution < 1.29 is 9.18 Å². The number of piperazine rings is 1. The number of carbonyl (C=O) groups is 1.